The fourth-order valence-electron chi connectivity index (χ4n) is 2.73. The second-order valence-corrected chi connectivity index (χ2v) is 6.12. The Hall–Kier alpha value is -1.20. The number of thiazole rings is 1. The molecule has 19 heavy (non-hydrogen) atoms. The molecular weight excluding hydrogens is 256 g/mol. The van der Waals surface area contributed by atoms with Crippen LogP contribution in [0.25, 0.3) is 10.7 Å². The van der Waals surface area contributed by atoms with E-state index in [-0.39, 0.29) is 0 Å². The highest BCUT2D eigenvalue weighted by atomic mass is 32.1. The average Bonchev–Trinajstić information content (AvgIpc) is 3.03. The van der Waals surface area contributed by atoms with Gasteiger partial charge in [0.15, 0.2) is 0 Å². The number of fused-ring (bicyclic) bond motifs is 1. The van der Waals surface area contributed by atoms with Gasteiger partial charge in [0.1, 0.15) is 5.01 Å². The van der Waals surface area contributed by atoms with Gasteiger partial charge in [0.2, 0.25) is 0 Å². The Morgan fingerprint density at radius 3 is 3.21 bits per heavy atom. The normalized spacial score (nSPS) is 18.5. The summed E-state index contributed by atoms with van der Waals surface area (Å²) in [5.41, 5.74) is 2.43. The number of imidazole rings is 1. The molecule has 1 N–H and O–H groups in total. The molecule has 1 aliphatic carbocycles. The van der Waals surface area contributed by atoms with Crippen LogP contribution in [0.15, 0.2) is 12.5 Å². The highest BCUT2D eigenvalue weighted by Gasteiger charge is 2.24. The lowest BCUT2D eigenvalue weighted by Gasteiger charge is -2.19. The van der Waals surface area contributed by atoms with Crippen LogP contribution in [0.1, 0.15) is 42.8 Å². The summed E-state index contributed by atoms with van der Waals surface area (Å²) in [7, 11) is 2.03. The quantitative estimate of drug-likeness (QED) is 0.933. The zero-order valence-corrected chi connectivity index (χ0v) is 12.3. The molecule has 0 amide bonds. The van der Waals surface area contributed by atoms with E-state index in [1.54, 1.807) is 0 Å². The van der Waals surface area contributed by atoms with Gasteiger partial charge in [-0.05, 0) is 32.7 Å². The van der Waals surface area contributed by atoms with Crippen LogP contribution in [0.2, 0.25) is 0 Å². The van der Waals surface area contributed by atoms with Crippen molar-refractivity contribution >= 4 is 11.3 Å². The Morgan fingerprint density at radius 2 is 2.42 bits per heavy atom. The van der Waals surface area contributed by atoms with E-state index in [1.807, 2.05) is 30.9 Å². The summed E-state index contributed by atoms with van der Waals surface area (Å²) in [4.78, 5) is 10.6. The Labute approximate surface area is 117 Å². The van der Waals surface area contributed by atoms with Gasteiger partial charge in [0.05, 0.1) is 30.0 Å². The zero-order valence-electron chi connectivity index (χ0n) is 11.5. The third kappa shape index (κ3) is 2.32. The molecule has 1 aliphatic rings. The van der Waals surface area contributed by atoms with Crippen molar-refractivity contribution in [3.05, 3.63) is 23.1 Å². The van der Waals surface area contributed by atoms with Crippen LogP contribution in [0, 0.1) is 0 Å². The van der Waals surface area contributed by atoms with E-state index >= 15 is 0 Å². The van der Waals surface area contributed by atoms with E-state index in [9.17, 15) is 0 Å². The molecule has 2 heterocycles. The number of aromatic nitrogens is 3. The number of nitrogens with zero attached hydrogens (tertiary/aromatic N) is 3. The molecule has 3 rings (SSSR count). The van der Waals surface area contributed by atoms with E-state index in [1.165, 1.54) is 29.8 Å². The molecule has 0 aliphatic heterocycles. The minimum atomic E-state index is 0.427. The van der Waals surface area contributed by atoms with Gasteiger partial charge < -0.3 is 9.88 Å². The fourth-order valence-corrected chi connectivity index (χ4v) is 3.92. The molecule has 4 nitrogen and oxygen atoms in total. The molecule has 0 saturated carbocycles. The second kappa shape index (κ2) is 5.43. The summed E-state index contributed by atoms with van der Waals surface area (Å²) in [5.74, 6) is 0. The number of hydrogen-bond donors (Lipinski definition) is 1. The van der Waals surface area contributed by atoms with E-state index in [2.05, 4.69) is 21.8 Å². The summed E-state index contributed by atoms with van der Waals surface area (Å²) < 4.78 is 2.21. The molecule has 0 saturated heterocycles. The first-order valence-electron chi connectivity index (χ1n) is 7.00. The summed E-state index contributed by atoms with van der Waals surface area (Å²) in [6.07, 6.45) is 8.60. The van der Waals surface area contributed by atoms with Crippen LogP contribution >= 0.6 is 11.3 Å². The smallest absolute Gasteiger partial charge is 0.142 e. The number of nitrogens with one attached hydrogen (secondary N) is 1. The zero-order chi connectivity index (χ0) is 13.2. The second-order valence-electron chi connectivity index (χ2n) is 5.03. The van der Waals surface area contributed by atoms with Gasteiger partial charge in [-0.1, -0.05) is 6.92 Å². The largest absolute Gasteiger partial charge is 0.329 e. The lowest BCUT2D eigenvalue weighted by molar-refractivity contribution is 0.490. The van der Waals surface area contributed by atoms with Gasteiger partial charge in [-0.3, -0.25) is 0 Å². The third-order valence-corrected chi connectivity index (χ3v) is 4.85. The molecule has 0 aromatic carbocycles. The molecule has 0 bridgehead atoms. The van der Waals surface area contributed by atoms with Gasteiger partial charge in [-0.2, -0.15) is 0 Å². The van der Waals surface area contributed by atoms with Crippen molar-refractivity contribution in [2.24, 2.45) is 0 Å². The van der Waals surface area contributed by atoms with Crippen LogP contribution in [0.4, 0.5) is 0 Å². The average molecular weight is 276 g/mol. The molecule has 0 fully saturated rings. The minimum Gasteiger partial charge on any atom is -0.329 e. The molecule has 0 radical (unpaired) electrons. The predicted molar refractivity (Wildman–Crippen MR) is 78.4 cm³/mol. The highest BCUT2D eigenvalue weighted by molar-refractivity contribution is 7.15. The molecule has 1 unspecified atom stereocenters. The maximum Gasteiger partial charge on any atom is 0.142 e. The van der Waals surface area contributed by atoms with E-state index < -0.39 is 0 Å². The van der Waals surface area contributed by atoms with Gasteiger partial charge in [-0.25, -0.2) is 9.97 Å². The van der Waals surface area contributed by atoms with Crippen molar-refractivity contribution in [2.75, 3.05) is 7.05 Å². The number of hydrogen-bond acceptors (Lipinski definition) is 4. The Bertz CT molecular complexity index is 558. The molecule has 2 aromatic rings. The standard InChI is InChI=1S/C14H20N4S/c1-3-7-18-9-16-8-11(18)14-17-13-10(15-2)5-4-6-12(13)19-14/h8-10,15H,3-7H2,1-2H3. The monoisotopic (exact) mass is 276 g/mol. The third-order valence-electron chi connectivity index (χ3n) is 3.70. The molecule has 0 spiro atoms. The maximum atomic E-state index is 4.88. The first kappa shape index (κ1) is 12.8. The van der Waals surface area contributed by atoms with Gasteiger partial charge in [0, 0.05) is 11.4 Å². The van der Waals surface area contributed by atoms with E-state index in [0.29, 0.717) is 6.04 Å². The molecule has 102 valence electrons. The van der Waals surface area contributed by atoms with Crippen LogP contribution in [0.5, 0.6) is 0 Å². The first-order chi connectivity index (χ1) is 9.33. The topological polar surface area (TPSA) is 42.7 Å². The summed E-state index contributed by atoms with van der Waals surface area (Å²) >= 11 is 1.84. The van der Waals surface area contributed by atoms with Crippen LogP contribution < -0.4 is 5.32 Å². The fraction of sp³-hybridized carbons (Fsp3) is 0.571. The van der Waals surface area contributed by atoms with Gasteiger partial charge >= 0.3 is 0 Å². The van der Waals surface area contributed by atoms with Crippen molar-refractivity contribution < 1.29 is 0 Å². The van der Waals surface area contributed by atoms with E-state index in [4.69, 9.17) is 4.98 Å². The van der Waals surface area contributed by atoms with Crippen molar-refractivity contribution in [1.82, 2.24) is 19.9 Å². The molecule has 1 atom stereocenters. The summed E-state index contributed by atoms with van der Waals surface area (Å²) in [6, 6.07) is 0.427. The van der Waals surface area contributed by atoms with Gasteiger partial charge in [0.25, 0.3) is 0 Å². The number of aryl methyl sites for hydroxylation is 2. The lowest BCUT2D eigenvalue weighted by Crippen LogP contribution is -2.21. The SMILES string of the molecule is CCCn1cncc1-c1nc2c(s1)CCCC2NC. The molecular formula is C14H20N4S. The Balaban J connectivity index is 1.98. The first-order valence-corrected chi connectivity index (χ1v) is 7.82. The van der Waals surface area contributed by atoms with Crippen LogP contribution in [-0.2, 0) is 13.0 Å². The molecule has 2 aromatic heterocycles. The summed E-state index contributed by atoms with van der Waals surface area (Å²) in [5, 5.41) is 4.50. The Kier molecular flexibility index (Phi) is 3.66. The van der Waals surface area contributed by atoms with Crippen molar-refractivity contribution in [3.8, 4) is 10.7 Å². The predicted octanol–water partition coefficient (Wildman–Crippen LogP) is 3.01. The van der Waals surface area contributed by atoms with Crippen LogP contribution in [-0.4, -0.2) is 21.6 Å². The molecule has 5 heteroatoms. The maximum absolute atomic E-state index is 4.88. The van der Waals surface area contributed by atoms with Crippen molar-refractivity contribution in [3.63, 3.8) is 0 Å². The van der Waals surface area contributed by atoms with E-state index in [0.717, 1.165) is 23.7 Å². The van der Waals surface area contributed by atoms with Crippen LogP contribution in [0.3, 0.4) is 0 Å². The minimum absolute atomic E-state index is 0.427. The van der Waals surface area contributed by atoms with Crippen molar-refractivity contribution in [2.45, 2.75) is 45.2 Å². The van der Waals surface area contributed by atoms with Gasteiger partial charge in [-0.15, -0.1) is 11.3 Å². The summed E-state index contributed by atoms with van der Waals surface area (Å²) in [6.45, 7) is 3.20. The Morgan fingerprint density at radius 1 is 1.53 bits per heavy atom. The van der Waals surface area contributed by atoms with Crippen molar-refractivity contribution in [1.29, 1.82) is 0 Å². The number of rotatable bonds is 4. The highest BCUT2D eigenvalue weighted by Crippen LogP contribution is 2.36. The lowest BCUT2D eigenvalue weighted by atomic mass is 9.98.